The fourth-order valence-electron chi connectivity index (χ4n) is 5.31. The Morgan fingerprint density at radius 3 is 2.12 bits per heavy atom. The SMILES string of the molecule is CC(C)(C)OC(=O)N1CCC2C1CCN2C(=O)C1CCN(c2cccc(C(F)(F)F)c2)CC1. The number of nitrogens with zero attached hydrogens (tertiary/aromatic N) is 3. The van der Waals surface area contributed by atoms with Crippen LogP contribution < -0.4 is 4.90 Å². The van der Waals surface area contributed by atoms with Crippen LogP contribution in [0, 0.1) is 5.92 Å². The molecule has 1 aromatic carbocycles. The van der Waals surface area contributed by atoms with Crippen molar-refractivity contribution in [3.8, 4) is 0 Å². The zero-order valence-corrected chi connectivity index (χ0v) is 19.4. The number of piperidine rings is 1. The van der Waals surface area contributed by atoms with Crippen molar-refractivity contribution >= 4 is 17.7 Å². The molecule has 1 aromatic rings. The quantitative estimate of drug-likeness (QED) is 0.641. The molecule has 33 heavy (non-hydrogen) atoms. The normalized spacial score (nSPS) is 24.2. The molecule has 6 nitrogen and oxygen atoms in total. The number of hydrogen-bond acceptors (Lipinski definition) is 4. The van der Waals surface area contributed by atoms with Crippen LogP contribution in [0.4, 0.5) is 23.7 Å². The van der Waals surface area contributed by atoms with E-state index >= 15 is 0 Å². The number of likely N-dealkylation sites (tertiary alicyclic amines) is 2. The third-order valence-electron chi connectivity index (χ3n) is 6.87. The van der Waals surface area contributed by atoms with Crippen LogP contribution in [-0.2, 0) is 15.7 Å². The number of halogens is 3. The highest BCUT2D eigenvalue weighted by Gasteiger charge is 2.48. The minimum Gasteiger partial charge on any atom is -0.444 e. The van der Waals surface area contributed by atoms with Crippen LogP contribution in [0.2, 0.25) is 0 Å². The highest BCUT2D eigenvalue weighted by molar-refractivity contribution is 5.80. The second-order valence-corrected chi connectivity index (χ2v) is 10.2. The van der Waals surface area contributed by atoms with Crippen molar-refractivity contribution in [1.82, 2.24) is 9.80 Å². The number of carbonyl (C=O) groups is 2. The topological polar surface area (TPSA) is 53.1 Å². The van der Waals surface area contributed by atoms with E-state index in [1.165, 1.54) is 12.1 Å². The Bertz CT molecular complexity index is 891. The van der Waals surface area contributed by atoms with Gasteiger partial charge in [0.25, 0.3) is 0 Å². The Hall–Kier alpha value is -2.45. The maximum absolute atomic E-state index is 13.3. The third kappa shape index (κ3) is 5.06. The van der Waals surface area contributed by atoms with Crippen molar-refractivity contribution < 1.29 is 27.5 Å². The standard InChI is InChI=1S/C24H32F3N3O3/c1-23(2,3)33-22(32)30-14-10-19-20(30)9-13-29(19)21(31)16-7-11-28(12-8-16)18-6-4-5-17(15-18)24(25,26)27/h4-6,15-16,19-20H,7-14H2,1-3H3. The van der Waals surface area contributed by atoms with Crippen molar-refractivity contribution in [3.05, 3.63) is 29.8 Å². The van der Waals surface area contributed by atoms with E-state index < -0.39 is 17.3 Å². The van der Waals surface area contributed by atoms with Gasteiger partial charge in [0.05, 0.1) is 17.6 Å². The number of hydrogen-bond donors (Lipinski definition) is 0. The first kappa shape index (κ1) is 23.7. The number of alkyl halides is 3. The van der Waals surface area contributed by atoms with Gasteiger partial charge in [-0.05, 0) is 64.7 Å². The predicted octanol–water partition coefficient (Wildman–Crippen LogP) is 4.53. The molecule has 2 unspecified atom stereocenters. The molecular weight excluding hydrogens is 435 g/mol. The Kier molecular flexibility index (Phi) is 6.26. The fraction of sp³-hybridized carbons (Fsp3) is 0.667. The maximum atomic E-state index is 13.3. The summed E-state index contributed by atoms with van der Waals surface area (Å²) in [4.78, 5) is 31.5. The first-order valence-corrected chi connectivity index (χ1v) is 11.7. The summed E-state index contributed by atoms with van der Waals surface area (Å²) in [5.74, 6) is -0.0291. The molecule has 0 aromatic heterocycles. The molecule has 3 aliphatic rings. The van der Waals surface area contributed by atoms with Gasteiger partial charge in [0.1, 0.15) is 5.60 Å². The van der Waals surface area contributed by atoms with Gasteiger partial charge in [-0.1, -0.05) is 6.07 Å². The van der Waals surface area contributed by atoms with E-state index in [9.17, 15) is 22.8 Å². The minimum atomic E-state index is -4.37. The Morgan fingerprint density at radius 1 is 0.909 bits per heavy atom. The van der Waals surface area contributed by atoms with Gasteiger partial charge in [-0.15, -0.1) is 0 Å². The minimum absolute atomic E-state index is 0.00556. The molecule has 3 saturated heterocycles. The molecule has 0 aliphatic carbocycles. The largest absolute Gasteiger partial charge is 0.444 e. The molecule has 3 heterocycles. The predicted molar refractivity (Wildman–Crippen MR) is 118 cm³/mol. The van der Waals surface area contributed by atoms with Crippen molar-refractivity contribution in [2.24, 2.45) is 5.92 Å². The van der Waals surface area contributed by atoms with Gasteiger partial charge in [-0.25, -0.2) is 4.79 Å². The van der Waals surface area contributed by atoms with Gasteiger partial charge in [0.15, 0.2) is 0 Å². The lowest BCUT2D eigenvalue weighted by Crippen LogP contribution is -2.46. The second kappa shape index (κ2) is 8.72. The van der Waals surface area contributed by atoms with Crippen molar-refractivity contribution in [2.45, 2.75) is 70.3 Å². The summed E-state index contributed by atoms with van der Waals surface area (Å²) in [5.41, 5.74) is -0.672. The molecule has 0 spiro atoms. The summed E-state index contributed by atoms with van der Waals surface area (Å²) >= 11 is 0. The zero-order chi connectivity index (χ0) is 24.0. The van der Waals surface area contributed by atoms with E-state index in [1.54, 1.807) is 11.0 Å². The van der Waals surface area contributed by atoms with Gasteiger partial charge in [0.2, 0.25) is 5.91 Å². The molecule has 4 rings (SSSR count). The summed E-state index contributed by atoms with van der Waals surface area (Å²) in [7, 11) is 0. The smallest absolute Gasteiger partial charge is 0.416 e. The van der Waals surface area contributed by atoms with E-state index in [0.717, 1.165) is 18.9 Å². The first-order chi connectivity index (χ1) is 15.4. The van der Waals surface area contributed by atoms with Crippen LogP contribution in [-0.4, -0.2) is 65.7 Å². The molecule has 182 valence electrons. The van der Waals surface area contributed by atoms with E-state index in [1.807, 2.05) is 30.6 Å². The summed E-state index contributed by atoms with van der Waals surface area (Å²) in [5, 5.41) is 0. The highest BCUT2D eigenvalue weighted by Crippen LogP contribution is 2.36. The molecule has 2 amide bonds. The lowest BCUT2D eigenvalue weighted by atomic mass is 9.94. The molecule has 0 N–H and O–H groups in total. The van der Waals surface area contributed by atoms with Gasteiger partial charge in [-0.3, -0.25) is 4.79 Å². The Balaban J connectivity index is 1.34. The lowest BCUT2D eigenvalue weighted by Gasteiger charge is -2.36. The molecule has 3 fully saturated rings. The van der Waals surface area contributed by atoms with Crippen LogP contribution in [0.25, 0.3) is 0 Å². The average molecular weight is 468 g/mol. The first-order valence-electron chi connectivity index (χ1n) is 11.7. The molecule has 9 heteroatoms. The summed E-state index contributed by atoms with van der Waals surface area (Å²) < 4.78 is 44.7. The summed E-state index contributed by atoms with van der Waals surface area (Å²) in [6.45, 7) is 7.83. The average Bonchev–Trinajstić information content (AvgIpc) is 3.34. The zero-order valence-electron chi connectivity index (χ0n) is 19.4. The number of rotatable bonds is 2. The third-order valence-corrected chi connectivity index (χ3v) is 6.87. The Labute approximate surface area is 192 Å². The molecule has 0 radical (unpaired) electrons. The van der Waals surface area contributed by atoms with Crippen molar-refractivity contribution in [3.63, 3.8) is 0 Å². The number of carbonyl (C=O) groups excluding carboxylic acids is 2. The number of amides is 2. The van der Waals surface area contributed by atoms with Crippen molar-refractivity contribution in [2.75, 3.05) is 31.1 Å². The van der Waals surface area contributed by atoms with Crippen LogP contribution >= 0.6 is 0 Å². The maximum Gasteiger partial charge on any atom is 0.416 e. The summed E-state index contributed by atoms with van der Waals surface area (Å²) in [6, 6.07) is 5.38. The van der Waals surface area contributed by atoms with E-state index in [2.05, 4.69) is 0 Å². The second-order valence-electron chi connectivity index (χ2n) is 10.2. The number of fused-ring (bicyclic) bond motifs is 1. The van der Waals surface area contributed by atoms with E-state index in [4.69, 9.17) is 4.74 Å². The lowest BCUT2D eigenvalue weighted by molar-refractivity contribution is -0.138. The van der Waals surface area contributed by atoms with E-state index in [0.29, 0.717) is 44.7 Å². The molecule has 0 bridgehead atoms. The van der Waals surface area contributed by atoms with Crippen LogP contribution in [0.5, 0.6) is 0 Å². The molecule has 3 aliphatic heterocycles. The number of anilines is 1. The Morgan fingerprint density at radius 2 is 1.52 bits per heavy atom. The number of ether oxygens (including phenoxy) is 1. The molecule has 2 atom stereocenters. The molecular formula is C24H32F3N3O3. The van der Waals surface area contributed by atoms with Crippen LogP contribution in [0.3, 0.4) is 0 Å². The van der Waals surface area contributed by atoms with E-state index in [-0.39, 0.29) is 30.0 Å². The van der Waals surface area contributed by atoms with Gasteiger partial charge in [-0.2, -0.15) is 13.2 Å². The number of benzene rings is 1. The van der Waals surface area contributed by atoms with Crippen LogP contribution in [0.15, 0.2) is 24.3 Å². The van der Waals surface area contributed by atoms with Crippen molar-refractivity contribution in [1.29, 1.82) is 0 Å². The van der Waals surface area contributed by atoms with Gasteiger partial charge < -0.3 is 19.4 Å². The summed E-state index contributed by atoms with van der Waals surface area (Å²) in [6.07, 6.45) is -1.97. The highest BCUT2D eigenvalue weighted by atomic mass is 19.4. The van der Waals surface area contributed by atoms with Crippen LogP contribution in [0.1, 0.15) is 52.0 Å². The monoisotopic (exact) mass is 467 g/mol. The van der Waals surface area contributed by atoms with Gasteiger partial charge >= 0.3 is 12.3 Å². The molecule has 0 saturated carbocycles. The van der Waals surface area contributed by atoms with Gasteiger partial charge in [0, 0.05) is 37.8 Å². The fourth-order valence-corrected chi connectivity index (χ4v) is 5.31.